The van der Waals surface area contributed by atoms with Crippen molar-refractivity contribution in [2.24, 2.45) is 0 Å². The van der Waals surface area contributed by atoms with Gasteiger partial charge in [-0.15, -0.1) is 0 Å². The van der Waals surface area contributed by atoms with Gasteiger partial charge >= 0.3 is 5.97 Å². The molecule has 0 bridgehead atoms. The number of rotatable bonds is 3. The molecule has 2 N–H and O–H groups in total. The van der Waals surface area contributed by atoms with Crippen molar-refractivity contribution in [3.8, 4) is 6.07 Å². The SMILES string of the molecule is N#Cc1ccc(Nc2cc(C(=O)O)c(Cl)cn2)c(F)c1. The third-order valence-electron chi connectivity index (χ3n) is 2.45. The molecule has 100 valence electrons. The number of nitriles is 1. The second-order valence-corrected chi connectivity index (χ2v) is 4.19. The van der Waals surface area contributed by atoms with Crippen LogP contribution in [0.5, 0.6) is 0 Å². The predicted molar refractivity (Wildman–Crippen MR) is 70.6 cm³/mol. The van der Waals surface area contributed by atoms with Gasteiger partial charge in [-0.2, -0.15) is 5.26 Å². The topological polar surface area (TPSA) is 86.0 Å². The summed E-state index contributed by atoms with van der Waals surface area (Å²) in [7, 11) is 0. The van der Waals surface area contributed by atoms with Gasteiger partial charge in [-0.1, -0.05) is 11.6 Å². The molecule has 1 aromatic heterocycles. The van der Waals surface area contributed by atoms with E-state index < -0.39 is 11.8 Å². The van der Waals surface area contributed by atoms with Crippen LogP contribution >= 0.6 is 11.6 Å². The number of halogens is 2. The summed E-state index contributed by atoms with van der Waals surface area (Å²) in [6.45, 7) is 0. The lowest BCUT2D eigenvalue weighted by molar-refractivity contribution is 0.0697. The van der Waals surface area contributed by atoms with Crippen molar-refractivity contribution in [1.29, 1.82) is 5.26 Å². The number of benzene rings is 1. The van der Waals surface area contributed by atoms with Gasteiger partial charge in [0.15, 0.2) is 0 Å². The van der Waals surface area contributed by atoms with Crippen molar-refractivity contribution in [3.05, 3.63) is 52.4 Å². The van der Waals surface area contributed by atoms with E-state index >= 15 is 0 Å². The van der Waals surface area contributed by atoms with Crippen LogP contribution in [0.3, 0.4) is 0 Å². The van der Waals surface area contributed by atoms with Crippen molar-refractivity contribution in [3.63, 3.8) is 0 Å². The second-order valence-electron chi connectivity index (χ2n) is 3.79. The summed E-state index contributed by atoms with van der Waals surface area (Å²) in [4.78, 5) is 14.8. The molecule has 1 heterocycles. The molecule has 0 fully saturated rings. The van der Waals surface area contributed by atoms with E-state index in [1.54, 1.807) is 0 Å². The lowest BCUT2D eigenvalue weighted by atomic mass is 10.2. The molecule has 0 radical (unpaired) electrons. The van der Waals surface area contributed by atoms with Gasteiger partial charge in [-0.05, 0) is 24.3 Å². The summed E-state index contributed by atoms with van der Waals surface area (Å²) in [5, 5.41) is 20.2. The van der Waals surface area contributed by atoms with Crippen molar-refractivity contribution in [2.45, 2.75) is 0 Å². The number of hydrogen-bond acceptors (Lipinski definition) is 4. The van der Waals surface area contributed by atoms with Crippen molar-refractivity contribution < 1.29 is 14.3 Å². The van der Waals surface area contributed by atoms with Crippen LogP contribution < -0.4 is 5.32 Å². The van der Waals surface area contributed by atoms with E-state index in [2.05, 4.69) is 10.3 Å². The highest BCUT2D eigenvalue weighted by atomic mass is 35.5. The first-order valence-corrected chi connectivity index (χ1v) is 5.74. The van der Waals surface area contributed by atoms with Gasteiger partial charge in [0.1, 0.15) is 11.6 Å². The molecule has 0 saturated heterocycles. The van der Waals surface area contributed by atoms with Gasteiger partial charge in [-0.3, -0.25) is 0 Å². The number of nitrogens with one attached hydrogen (secondary N) is 1. The van der Waals surface area contributed by atoms with Crippen LogP contribution in [0.2, 0.25) is 5.02 Å². The molecule has 5 nitrogen and oxygen atoms in total. The number of aromatic carboxylic acids is 1. The van der Waals surface area contributed by atoms with Crippen LogP contribution in [0.4, 0.5) is 15.9 Å². The average molecular weight is 292 g/mol. The highest BCUT2D eigenvalue weighted by molar-refractivity contribution is 6.33. The largest absolute Gasteiger partial charge is 0.478 e. The number of carbonyl (C=O) groups is 1. The predicted octanol–water partition coefficient (Wildman–Crippen LogP) is 3.19. The fourth-order valence-corrected chi connectivity index (χ4v) is 1.68. The van der Waals surface area contributed by atoms with Gasteiger partial charge in [-0.25, -0.2) is 14.2 Å². The summed E-state index contributed by atoms with van der Waals surface area (Å²) in [6, 6.07) is 6.87. The number of pyridine rings is 1. The Balaban J connectivity index is 2.33. The number of nitrogens with zero attached hydrogens (tertiary/aromatic N) is 2. The Morgan fingerprint density at radius 3 is 2.80 bits per heavy atom. The Morgan fingerprint density at radius 1 is 1.45 bits per heavy atom. The molecule has 20 heavy (non-hydrogen) atoms. The molecule has 2 aromatic rings. The molecule has 0 aliphatic rings. The fraction of sp³-hybridized carbons (Fsp3) is 0. The number of carboxylic acid groups (broad SMARTS) is 1. The summed E-state index contributed by atoms with van der Waals surface area (Å²) in [5.41, 5.74) is 0.122. The third kappa shape index (κ3) is 2.84. The molecule has 0 saturated carbocycles. The first-order valence-electron chi connectivity index (χ1n) is 5.37. The van der Waals surface area contributed by atoms with Crippen LogP contribution in [-0.2, 0) is 0 Å². The first-order chi connectivity index (χ1) is 9.51. The van der Waals surface area contributed by atoms with Gasteiger partial charge < -0.3 is 10.4 Å². The molecular weight excluding hydrogens is 285 g/mol. The summed E-state index contributed by atoms with van der Waals surface area (Å²) < 4.78 is 13.7. The molecule has 1 aromatic carbocycles. The highest BCUT2D eigenvalue weighted by Gasteiger charge is 2.11. The van der Waals surface area contributed by atoms with Crippen LogP contribution in [0.25, 0.3) is 0 Å². The maximum Gasteiger partial charge on any atom is 0.337 e. The summed E-state index contributed by atoms with van der Waals surface area (Å²) in [6.07, 6.45) is 1.16. The zero-order valence-corrected chi connectivity index (χ0v) is 10.6. The average Bonchev–Trinajstić information content (AvgIpc) is 2.42. The minimum Gasteiger partial charge on any atom is -0.478 e. The van der Waals surface area contributed by atoms with Gasteiger partial charge in [0, 0.05) is 6.20 Å². The Kier molecular flexibility index (Phi) is 3.82. The molecule has 7 heteroatoms. The highest BCUT2D eigenvalue weighted by Crippen LogP contribution is 2.23. The van der Waals surface area contributed by atoms with Crippen LogP contribution in [0.15, 0.2) is 30.5 Å². The Labute approximate surface area is 118 Å². The molecule has 2 rings (SSSR count). The summed E-state index contributed by atoms with van der Waals surface area (Å²) in [5.74, 6) is -1.71. The normalized spacial score (nSPS) is 9.85. The van der Waals surface area contributed by atoms with E-state index in [9.17, 15) is 9.18 Å². The zero-order valence-electron chi connectivity index (χ0n) is 9.89. The number of hydrogen-bond donors (Lipinski definition) is 2. The molecule has 0 atom stereocenters. The van der Waals surface area contributed by atoms with Crippen molar-refractivity contribution in [2.75, 3.05) is 5.32 Å². The molecule has 0 aliphatic heterocycles. The quantitative estimate of drug-likeness (QED) is 0.907. The third-order valence-corrected chi connectivity index (χ3v) is 2.75. The van der Waals surface area contributed by atoms with E-state index in [1.807, 2.05) is 6.07 Å². The van der Waals surface area contributed by atoms with Gasteiger partial charge in [0.25, 0.3) is 0 Å². The Bertz CT molecular complexity index is 728. The van der Waals surface area contributed by atoms with Crippen LogP contribution in [-0.4, -0.2) is 16.1 Å². The molecule has 0 amide bonds. The second kappa shape index (κ2) is 5.55. The van der Waals surface area contributed by atoms with Gasteiger partial charge in [0.05, 0.1) is 27.9 Å². The maximum absolute atomic E-state index is 13.7. The molecular formula is C13H7ClFN3O2. The van der Waals surface area contributed by atoms with Crippen LogP contribution in [0.1, 0.15) is 15.9 Å². The lowest BCUT2D eigenvalue weighted by Crippen LogP contribution is -2.02. The van der Waals surface area contributed by atoms with Crippen molar-refractivity contribution >= 4 is 29.1 Å². The Morgan fingerprint density at radius 2 is 2.20 bits per heavy atom. The molecule has 0 aliphatic carbocycles. The minimum atomic E-state index is -1.21. The van der Waals surface area contributed by atoms with E-state index in [0.29, 0.717) is 0 Å². The van der Waals surface area contributed by atoms with E-state index in [1.165, 1.54) is 18.2 Å². The number of aromatic nitrogens is 1. The summed E-state index contributed by atoms with van der Waals surface area (Å²) >= 11 is 5.68. The fourth-order valence-electron chi connectivity index (χ4n) is 1.49. The standard InChI is InChI=1S/C13H7ClFN3O2/c14-9-6-17-12(4-8(9)13(19)20)18-11-2-1-7(5-16)3-10(11)15/h1-4,6H,(H,17,18)(H,19,20). The van der Waals surface area contributed by atoms with E-state index in [4.69, 9.17) is 22.0 Å². The molecule has 0 unspecified atom stereocenters. The smallest absolute Gasteiger partial charge is 0.337 e. The molecule has 0 spiro atoms. The van der Waals surface area contributed by atoms with E-state index in [-0.39, 0.29) is 27.7 Å². The zero-order chi connectivity index (χ0) is 14.7. The number of anilines is 2. The lowest BCUT2D eigenvalue weighted by Gasteiger charge is -2.08. The van der Waals surface area contributed by atoms with Gasteiger partial charge in [0.2, 0.25) is 0 Å². The van der Waals surface area contributed by atoms with Crippen molar-refractivity contribution in [1.82, 2.24) is 4.98 Å². The first kappa shape index (κ1) is 13.8. The number of carboxylic acids is 1. The maximum atomic E-state index is 13.7. The minimum absolute atomic E-state index is 0.0108. The Hall–Kier alpha value is -2.65. The monoisotopic (exact) mass is 291 g/mol. The van der Waals surface area contributed by atoms with E-state index in [0.717, 1.165) is 12.3 Å². The van der Waals surface area contributed by atoms with Crippen LogP contribution in [0, 0.1) is 17.1 Å².